The fourth-order valence-corrected chi connectivity index (χ4v) is 1.54. The highest BCUT2D eigenvalue weighted by Gasteiger charge is 1.89. The van der Waals surface area contributed by atoms with Crippen LogP contribution in [0.1, 0.15) is 64.7 Å². The first-order chi connectivity index (χ1) is 6.91. The van der Waals surface area contributed by atoms with Crippen LogP contribution < -0.4 is 0 Å². The molecule has 0 aliphatic rings. The zero-order chi connectivity index (χ0) is 10.5. The monoisotopic (exact) mass is 194 g/mol. The molecule has 0 spiro atoms. The van der Waals surface area contributed by atoms with Crippen LogP contribution in [0.2, 0.25) is 0 Å². The summed E-state index contributed by atoms with van der Waals surface area (Å²) in [5.41, 5.74) is 0. The smallest absolute Gasteiger partial charge is 0.0351 e. The van der Waals surface area contributed by atoms with Gasteiger partial charge in [-0.15, -0.1) is 6.58 Å². The van der Waals surface area contributed by atoms with Gasteiger partial charge in [0.25, 0.3) is 0 Å². The maximum absolute atomic E-state index is 3.73. The van der Waals surface area contributed by atoms with E-state index in [1.807, 2.05) is 6.08 Å². The van der Waals surface area contributed by atoms with Crippen molar-refractivity contribution in [3.05, 3.63) is 24.8 Å². The molecule has 0 heteroatoms. The number of allylic oxidation sites excluding steroid dienone is 3. The van der Waals surface area contributed by atoms with E-state index in [1.165, 1.54) is 57.8 Å². The number of rotatable bonds is 10. The Morgan fingerprint density at radius 2 is 1.36 bits per heavy atom. The van der Waals surface area contributed by atoms with Gasteiger partial charge in [-0.2, -0.15) is 0 Å². The molecule has 0 aromatic rings. The van der Waals surface area contributed by atoms with E-state index in [4.69, 9.17) is 0 Å². The third-order valence-corrected chi connectivity index (χ3v) is 2.43. The zero-order valence-corrected chi connectivity index (χ0v) is 9.80. The molecule has 0 fully saturated rings. The van der Waals surface area contributed by atoms with E-state index in [0.29, 0.717) is 0 Å². The molecule has 0 amide bonds. The first-order valence-corrected chi connectivity index (χ1v) is 6.17. The van der Waals surface area contributed by atoms with Gasteiger partial charge in [-0.1, -0.05) is 50.8 Å². The van der Waals surface area contributed by atoms with E-state index in [1.54, 1.807) is 0 Å². The molecule has 0 aromatic heterocycles. The molecule has 0 saturated carbocycles. The molecule has 0 aromatic carbocycles. The summed E-state index contributed by atoms with van der Waals surface area (Å²) in [7, 11) is 0. The van der Waals surface area contributed by atoms with Crippen molar-refractivity contribution in [3.8, 4) is 0 Å². The van der Waals surface area contributed by atoms with Gasteiger partial charge in [0.2, 0.25) is 0 Å². The molecule has 0 atom stereocenters. The van der Waals surface area contributed by atoms with E-state index in [9.17, 15) is 0 Å². The molecule has 0 N–H and O–H groups in total. The largest absolute Gasteiger partial charge is 0.103 e. The summed E-state index contributed by atoms with van der Waals surface area (Å²) in [6, 6.07) is 0. The van der Waals surface area contributed by atoms with Gasteiger partial charge in [0, 0.05) is 0 Å². The standard InChI is InChI=1S/C14H26/c1-3-5-7-9-11-13-14-12-10-8-6-4-2/h3,6,8H,1,4-5,7,9-14H2,2H3/b8-6+. The lowest BCUT2D eigenvalue weighted by Crippen LogP contribution is -1.79. The summed E-state index contributed by atoms with van der Waals surface area (Å²) >= 11 is 0. The molecule has 0 rings (SSSR count). The Balaban J connectivity index is 2.91. The second-order valence-corrected chi connectivity index (χ2v) is 3.87. The van der Waals surface area contributed by atoms with E-state index in [2.05, 4.69) is 25.7 Å². The van der Waals surface area contributed by atoms with Crippen molar-refractivity contribution in [1.29, 1.82) is 0 Å². The van der Waals surface area contributed by atoms with Gasteiger partial charge in [0.05, 0.1) is 0 Å². The van der Waals surface area contributed by atoms with Gasteiger partial charge in [0.1, 0.15) is 0 Å². The van der Waals surface area contributed by atoms with Gasteiger partial charge in [0.15, 0.2) is 0 Å². The fourth-order valence-electron chi connectivity index (χ4n) is 1.54. The van der Waals surface area contributed by atoms with Crippen LogP contribution in [0.5, 0.6) is 0 Å². The van der Waals surface area contributed by atoms with Gasteiger partial charge >= 0.3 is 0 Å². The molecule has 82 valence electrons. The van der Waals surface area contributed by atoms with Gasteiger partial charge in [-0.05, 0) is 32.1 Å². The lowest BCUT2D eigenvalue weighted by atomic mass is 10.1. The molecule has 0 radical (unpaired) electrons. The highest BCUT2D eigenvalue weighted by Crippen LogP contribution is 2.08. The predicted molar refractivity (Wildman–Crippen MR) is 66.6 cm³/mol. The Morgan fingerprint density at radius 1 is 0.786 bits per heavy atom. The van der Waals surface area contributed by atoms with Crippen LogP contribution in [0.25, 0.3) is 0 Å². The molecule has 0 unspecified atom stereocenters. The van der Waals surface area contributed by atoms with E-state index in [0.717, 1.165) is 0 Å². The molecule has 14 heavy (non-hydrogen) atoms. The summed E-state index contributed by atoms with van der Waals surface area (Å²) in [5, 5.41) is 0. The molecule has 0 heterocycles. The predicted octanol–water partition coefficient (Wildman–Crippen LogP) is 5.26. The third-order valence-electron chi connectivity index (χ3n) is 2.43. The highest BCUT2D eigenvalue weighted by molar-refractivity contribution is 4.79. The topological polar surface area (TPSA) is 0 Å². The Morgan fingerprint density at radius 3 is 1.93 bits per heavy atom. The molecular formula is C14H26. The maximum Gasteiger partial charge on any atom is -0.0351 e. The zero-order valence-electron chi connectivity index (χ0n) is 9.80. The van der Waals surface area contributed by atoms with Gasteiger partial charge < -0.3 is 0 Å². The average Bonchev–Trinajstić information content (AvgIpc) is 2.21. The Kier molecular flexibility index (Phi) is 12.0. The van der Waals surface area contributed by atoms with Crippen LogP contribution in [-0.4, -0.2) is 0 Å². The lowest BCUT2D eigenvalue weighted by molar-refractivity contribution is 0.600. The fraction of sp³-hybridized carbons (Fsp3) is 0.714. The number of hydrogen-bond acceptors (Lipinski definition) is 0. The second-order valence-electron chi connectivity index (χ2n) is 3.87. The van der Waals surface area contributed by atoms with Crippen molar-refractivity contribution in [1.82, 2.24) is 0 Å². The summed E-state index contributed by atoms with van der Waals surface area (Å²) < 4.78 is 0. The molecule has 0 nitrogen and oxygen atoms in total. The third kappa shape index (κ3) is 11.5. The van der Waals surface area contributed by atoms with Crippen LogP contribution in [0, 0.1) is 0 Å². The van der Waals surface area contributed by atoms with Crippen LogP contribution in [0.4, 0.5) is 0 Å². The quantitative estimate of drug-likeness (QED) is 0.329. The van der Waals surface area contributed by atoms with Crippen molar-refractivity contribution >= 4 is 0 Å². The number of hydrogen-bond donors (Lipinski definition) is 0. The van der Waals surface area contributed by atoms with Crippen molar-refractivity contribution in [2.24, 2.45) is 0 Å². The van der Waals surface area contributed by atoms with Crippen LogP contribution >= 0.6 is 0 Å². The van der Waals surface area contributed by atoms with Crippen molar-refractivity contribution in [3.63, 3.8) is 0 Å². The van der Waals surface area contributed by atoms with Crippen molar-refractivity contribution < 1.29 is 0 Å². The van der Waals surface area contributed by atoms with Crippen LogP contribution in [0.3, 0.4) is 0 Å². The summed E-state index contributed by atoms with van der Waals surface area (Å²) in [6.07, 6.45) is 18.6. The van der Waals surface area contributed by atoms with Crippen molar-refractivity contribution in [2.75, 3.05) is 0 Å². The minimum absolute atomic E-state index is 1.18. The molecular weight excluding hydrogens is 168 g/mol. The molecule has 0 bridgehead atoms. The summed E-state index contributed by atoms with van der Waals surface area (Å²) in [4.78, 5) is 0. The molecule has 0 saturated heterocycles. The minimum atomic E-state index is 1.18. The molecule has 0 aliphatic carbocycles. The van der Waals surface area contributed by atoms with Crippen molar-refractivity contribution in [2.45, 2.75) is 64.7 Å². The minimum Gasteiger partial charge on any atom is -0.103 e. The van der Waals surface area contributed by atoms with Gasteiger partial charge in [-0.25, -0.2) is 0 Å². The maximum atomic E-state index is 3.73. The first-order valence-electron chi connectivity index (χ1n) is 6.17. The Hall–Kier alpha value is -0.520. The van der Waals surface area contributed by atoms with Gasteiger partial charge in [-0.3, -0.25) is 0 Å². The SMILES string of the molecule is C=CCCCCCCCC/C=C/CC. The van der Waals surface area contributed by atoms with E-state index in [-0.39, 0.29) is 0 Å². The van der Waals surface area contributed by atoms with Crippen LogP contribution in [-0.2, 0) is 0 Å². The highest BCUT2D eigenvalue weighted by atomic mass is 14.0. The second kappa shape index (κ2) is 12.5. The normalized spacial score (nSPS) is 10.9. The lowest BCUT2D eigenvalue weighted by Gasteiger charge is -1.98. The van der Waals surface area contributed by atoms with E-state index < -0.39 is 0 Å². The first kappa shape index (κ1) is 13.5. The number of unbranched alkanes of at least 4 members (excludes halogenated alkanes) is 7. The van der Waals surface area contributed by atoms with Crippen LogP contribution in [0.15, 0.2) is 24.8 Å². The average molecular weight is 194 g/mol. The Bertz CT molecular complexity index is 133. The summed E-state index contributed by atoms with van der Waals surface area (Å²) in [6.45, 7) is 5.92. The Labute approximate surface area is 90.1 Å². The summed E-state index contributed by atoms with van der Waals surface area (Å²) in [5.74, 6) is 0. The molecule has 0 aliphatic heterocycles. The van der Waals surface area contributed by atoms with E-state index >= 15 is 0 Å².